The zero-order valence-corrected chi connectivity index (χ0v) is 12.2. The smallest absolute Gasteiger partial charge is 0.217 e. The molecule has 0 radical (unpaired) electrons. The highest BCUT2D eigenvalue weighted by Gasteiger charge is 2.09. The van der Waals surface area contributed by atoms with Crippen molar-refractivity contribution in [2.24, 2.45) is 5.73 Å². The van der Waals surface area contributed by atoms with Crippen LogP contribution in [0.15, 0.2) is 54.6 Å². The number of primary amides is 1. The first-order chi connectivity index (χ1) is 10.2. The third-order valence-electron chi connectivity index (χ3n) is 3.26. The molecule has 0 saturated carbocycles. The lowest BCUT2D eigenvalue weighted by atomic mass is 10.2. The largest absolute Gasteiger partial charge is 0.497 e. The summed E-state index contributed by atoms with van der Waals surface area (Å²) < 4.78 is 5.19. The lowest BCUT2D eigenvalue weighted by molar-refractivity contribution is -0.118. The van der Waals surface area contributed by atoms with E-state index in [1.165, 1.54) is 0 Å². The number of benzene rings is 2. The van der Waals surface area contributed by atoms with Gasteiger partial charge < -0.3 is 15.4 Å². The van der Waals surface area contributed by atoms with E-state index in [0.29, 0.717) is 6.42 Å². The van der Waals surface area contributed by atoms with Gasteiger partial charge in [0.15, 0.2) is 0 Å². The topological polar surface area (TPSA) is 55.6 Å². The first kappa shape index (κ1) is 14.9. The number of hydrogen-bond acceptors (Lipinski definition) is 3. The quantitative estimate of drug-likeness (QED) is 0.850. The zero-order chi connectivity index (χ0) is 15.1. The molecule has 1 amide bonds. The Hall–Kier alpha value is -2.49. The molecule has 2 aromatic rings. The van der Waals surface area contributed by atoms with E-state index in [1.807, 2.05) is 42.5 Å². The maximum Gasteiger partial charge on any atom is 0.217 e. The predicted octanol–water partition coefficient (Wildman–Crippen LogP) is 3.10. The molecule has 0 aliphatic carbocycles. The molecule has 0 fully saturated rings. The standard InChI is InChI=1S/C17H20N2O2/c1-21-16-11-9-15(10-12-16)19(13-5-8-17(18)20)14-6-3-2-4-7-14/h2-4,6-7,9-12H,5,8,13H2,1H3,(H2,18,20). The van der Waals surface area contributed by atoms with Crippen molar-refractivity contribution >= 4 is 17.3 Å². The molecule has 0 saturated heterocycles. The maximum absolute atomic E-state index is 10.9. The van der Waals surface area contributed by atoms with Crippen molar-refractivity contribution in [2.45, 2.75) is 12.8 Å². The number of carbonyl (C=O) groups excluding carboxylic acids is 1. The van der Waals surface area contributed by atoms with Gasteiger partial charge in [-0.1, -0.05) is 18.2 Å². The van der Waals surface area contributed by atoms with Gasteiger partial charge in [0.05, 0.1) is 7.11 Å². The summed E-state index contributed by atoms with van der Waals surface area (Å²) in [4.78, 5) is 13.1. The van der Waals surface area contributed by atoms with Crippen LogP contribution in [-0.4, -0.2) is 19.6 Å². The Morgan fingerprint density at radius 1 is 1.05 bits per heavy atom. The molecule has 0 heterocycles. The van der Waals surface area contributed by atoms with Crippen LogP contribution in [0, 0.1) is 0 Å². The third kappa shape index (κ3) is 4.24. The second-order valence-corrected chi connectivity index (χ2v) is 4.76. The van der Waals surface area contributed by atoms with Crippen molar-refractivity contribution in [2.75, 3.05) is 18.6 Å². The van der Waals surface area contributed by atoms with E-state index in [4.69, 9.17) is 10.5 Å². The van der Waals surface area contributed by atoms with Gasteiger partial charge in [-0.15, -0.1) is 0 Å². The molecule has 4 nitrogen and oxygen atoms in total. The fourth-order valence-electron chi connectivity index (χ4n) is 2.19. The minimum atomic E-state index is -0.266. The number of rotatable bonds is 7. The molecule has 0 atom stereocenters. The Bertz CT molecular complexity index is 567. The molecule has 110 valence electrons. The van der Waals surface area contributed by atoms with E-state index in [-0.39, 0.29) is 5.91 Å². The zero-order valence-electron chi connectivity index (χ0n) is 12.2. The van der Waals surface area contributed by atoms with Gasteiger partial charge in [0.2, 0.25) is 5.91 Å². The number of nitrogens with zero attached hydrogens (tertiary/aromatic N) is 1. The van der Waals surface area contributed by atoms with Crippen LogP contribution in [0.4, 0.5) is 11.4 Å². The van der Waals surface area contributed by atoms with Crippen molar-refractivity contribution in [3.63, 3.8) is 0 Å². The summed E-state index contributed by atoms with van der Waals surface area (Å²) in [7, 11) is 1.65. The molecule has 0 unspecified atom stereocenters. The van der Waals surface area contributed by atoms with Gasteiger partial charge in [-0.2, -0.15) is 0 Å². The summed E-state index contributed by atoms with van der Waals surface area (Å²) in [5.74, 6) is 0.557. The number of anilines is 2. The molecule has 0 aliphatic heterocycles. The fourth-order valence-corrected chi connectivity index (χ4v) is 2.19. The van der Waals surface area contributed by atoms with Crippen LogP contribution in [0.2, 0.25) is 0 Å². The maximum atomic E-state index is 10.9. The van der Waals surface area contributed by atoms with E-state index in [9.17, 15) is 4.79 Å². The SMILES string of the molecule is COc1ccc(N(CCCC(N)=O)c2ccccc2)cc1. The van der Waals surface area contributed by atoms with E-state index in [0.717, 1.165) is 30.1 Å². The highest BCUT2D eigenvalue weighted by molar-refractivity contribution is 5.73. The van der Waals surface area contributed by atoms with Crippen molar-refractivity contribution in [3.8, 4) is 5.75 Å². The number of hydrogen-bond donors (Lipinski definition) is 1. The van der Waals surface area contributed by atoms with Crippen LogP contribution in [-0.2, 0) is 4.79 Å². The van der Waals surface area contributed by atoms with Gasteiger partial charge in [0.25, 0.3) is 0 Å². The number of para-hydroxylation sites is 1. The predicted molar refractivity (Wildman–Crippen MR) is 84.9 cm³/mol. The Labute approximate surface area is 125 Å². The summed E-state index contributed by atoms with van der Waals surface area (Å²) >= 11 is 0. The molecule has 21 heavy (non-hydrogen) atoms. The van der Waals surface area contributed by atoms with Crippen molar-refractivity contribution in [1.29, 1.82) is 0 Å². The van der Waals surface area contributed by atoms with Gasteiger partial charge in [-0.25, -0.2) is 0 Å². The first-order valence-electron chi connectivity index (χ1n) is 6.95. The second-order valence-electron chi connectivity index (χ2n) is 4.76. The summed E-state index contributed by atoms with van der Waals surface area (Å²) in [6.45, 7) is 0.735. The molecule has 0 aliphatic rings. The highest BCUT2D eigenvalue weighted by Crippen LogP contribution is 2.27. The van der Waals surface area contributed by atoms with Crippen molar-refractivity contribution in [3.05, 3.63) is 54.6 Å². The van der Waals surface area contributed by atoms with E-state index in [2.05, 4.69) is 17.0 Å². The number of amides is 1. The van der Waals surface area contributed by atoms with Crippen molar-refractivity contribution in [1.82, 2.24) is 0 Å². The second kappa shape index (κ2) is 7.33. The average molecular weight is 284 g/mol. The van der Waals surface area contributed by atoms with Gasteiger partial charge in [-0.05, 0) is 42.8 Å². The van der Waals surface area contributed by atoms with Gasteiger partial charge in [-0.3, -0.25) is 4.79 Å². The molecule has 2 rings (SSSR count). The van der Waals surface area contributed by atoms with Crippen LogP contribution in [0.3, 0.4) is 0 Å². The Morgan fingerprint density at radius 2 is 1.67 bits per heavy atom. The van der Waals surface area contributed by atoms with Crippen LogP contribution in [0.5, 0.6) is 5.75 Å². The molecular weight excluding hydrogens is 264 g/mol. The summed E-state index contributed by atoms with van der Waals surface area (Å²) in [6, 6.07) is 18.0. The Kier molecular flexibility index (Phi) is 5.21. The molecule has 4 heteroatoms. The highest BCUT2D eigenvalue weighted by atomic mass is 16.5. The Morgan fingerprint density at radius 3 is 2.24 bits per heavy atom. The lowest BCUT2D eigenvalue weighted by Crippen LogP contribution is -2.20. The van der Waals surface area contributed by atoms with E-state index >= 15 is 0 Å². The van der Waals surface area contributed by atoms with E-state index < -0.39 is 0 Å². The minimum absolute atomic E-state index is 0.266. The van der Waals surface area contributed by atoms with Crippen LogP contribution < -0.4 is 15.4 Å². The molecule has 0 spiro atoms. The monoisotopic (exact) mass is 284 g/mol. The van der Waals surface area contributed by atoms with Gasteiger partial charge in [0.1, 0.15) is 5.75 Å². The number of methoxy groups -OCH3 is 1. The summed E-state index contributed by atoms with van der Waals surface area (Å²) in [6.07, 6.45) is 1.11. The van der Waals surface area contributed by atoms with Crippen LogP contribution >= 0.6 is 0 Å². The molecule has 0 aromatic heterocycles. The molecular formula is C17H20N2O2. The van der Waals surface area contributed by atoms with Gasteiger partial charge in [0, 0.05) is 24.3 Å². The van der Waals surface area contributed by atoms with Gasteiger partial charge >= 0.3 is 0 Å². The summed E-state index contributed by atoms with van der Waals surface area (Å²) in [5.41, 5.74) is 7.37. The van der Waals surface area contributed by atoms with E-state index in [1.54, 1.807) is 7.11 Å². The first-order valence-corrected chi connectivity index (χ1v) is 6.95. The summed E-state index contributed by atoms with van der Waals surface area (Å²) in [5, 5.41) is 0. The molecule has 2 aromatic carbocycles. The lowest BCUT2D eigenvalue weighted by Gasteiger charge is -2.25. The van der Waals surface area contributed by atoms with Crippen molar-refractivity contribution < 1.29 is 9.53 Å². The Balaban J connectivity index is 2.19. The number of ether oxygens (including phenoxy) is 1. The van der Waals surface area contributed by atoms with Crippen LogP contribution in [0.25, 0.3) is 0 Å². The molecule has 2 N–H and O–H groups in total. The van der Waals surface area contributed by atoms with Crippen LogP contribution in [0.1, 0.15) is 12.8 Å². The molecule has 0 bridgehead atoms. The normalized spacial score (nSPS) is 10.1. The number of carbonyl (C=O) groups is 1. The minimum Gasteiger partial charge on any atom is -0.497 e. The third-order valence-corrected chi connectivity index (χ3v) is 3.26. The number of nitrogens with two attached hydrogens (primary N) is 1. The fraction of sp³-hybridized carbons (Fsp3) is 0.235. The average Bonchev–Trinajstić information content (AvgIpc) is 2.52.